The molecule has 20 heavy (non-hydrogen) atoms. The zero-order chi connectivity index (χ0) is 14.5. The van der Waals surface area contributed by atoms with Crippen LogP contribution in [-0.4, -0.2) is 30.1 Å². The summed E-state index contributed by atoms with van der Waals surface area (Å²) in [5, 5.41) is 1.15. The van der Waals surface area contributed by atoms with Crippen molar-refractivity contribution >= 4 is 40.1 Å². The third kappa shape index (κ3) is 3.21. The maximum absolute atomic E-state index is 6.13. The monoisotopic (exact) mass is 308 g/mol. The van der Waals surface area contributed by atoms with Gasteiger partial charge in [-0.3, -0.25) is 0 Å². The van der Waals surface area contributed by atoms with Crippen molar-refractivity contribution in [2.75, 3.05) is 24.0 Å². The lowest BCUT2D eigenvalue weighted by atomic mass is 10.1. The number of para-hydroxylation sites is 1. The van der Waals surface area contributed by atoms with Crippen LogP contribution < -0.4 is 4.90 Å². The van der Waals surface area contributed by atoms with E-state index in [1.165, 1.54) is 0 Å². The highest BCUT2D eigenvalue weighted by Gasteiger charge is 2.17. The van der Waals surface area contributed by atoms with Gasteiger partial charge < -0.3 is 4.90 Å². The molecule has 1 aromatic carbocycles. The molecule has 0 aliphatic heterocycles. The zero-order valence-corrected chi connectivity index (χ0v) is 13.8. The number of fused-ring (bicyclic) bond motifs is 1. The summed E-state index contributed by atoms with van der Waals surface area (Å²) in [6.07, 6.45) is 3.25. The minimum Gasteiger partial charge on any atom is -0.356 e. The fraction of sp³-hybridized carbons (Fsp3) is 0.438. The molecule has 1 aromatic heterocycles. The second-order valence-electron chi connectivity index (χ2n) is 4.93. The van der Waals surface area contributed by atoms with E-state index < -0.39 is 0 Å². The van der Waals surface area contributed by atoms with E-state index in [0.29, 0.717) is 11.9 Å². The van der Waals surface area contributed by atoms with Gasteiger partial charge in [-0.05, 0) is 24.8 Å². The Morgan fingerprint density at radius 2 is 2.10 bits per heavy atom. The van der Waals surface area contributed by atoms with Crippen molar-refractivity contribution in [3.63, 3.8) is 0 Å². The average Bonchev–Trinajstić information content (AvgIpc) is 2.50. The minimum atomic E-state index is 0.487. The van der Waals surface area contributed by atoms with Crippen LogP contribution in [-0.2, 0) is 5.88 Å². The van der Waals surface area contributed by atoms with Crippen LogP contribution in [0, 0.1) is 0 Å². The molecule has 1 heterocycles. The summed E-state index contributed by atoms with van der Waals surface area (Å²) in [5.74, 6) is 2.61. The fourth-order valence-electron chi connectivity index (χ4n) is 2.42. The van der Waals surface area contributed by atoms with Gasteiger partial charge in [0.05, 0.1) is 11.4 Å². The van der Waals surface area contributed by atoms with Crippen molar-refractivity contribution in [2.45, 2.75) is 25.3 Å². The summed E-state index contributed by atoms with van der Waals surface area (Å²) in [6, 6.07) is 10.8. The van der Waals surface area contributed by atoms with Gasteiger partial charge in [0.2, 0.25) is 0 Å². The summed E-state index contributed by atoms with van der Waals surface area (Å²) >= 11 is 8.00. The Morgan fingerprint density at radius 1 is 1.35 bits per heavy atom. The minimum absolute atomic E-state index is 0.487. The maximum Gasteiger partial charge on any atom is 0.133 e. The number of hydrogen-bond donors (Lipinski definition) is 0. The molecule has 2 nitrogen and oxygen atoms in total. The average molecular weight is 309 g/mol. The maximum atomic E-state index is 6.13. The van der Waals surface area contributed by atoms with E-state index in [-0.39, 0.29) is 0 Å². The lowest BCUT2D eigenvalue weighted by Crippen LogP contribution is -2.34. The van der Waals surface area contributed by atoms with Gasteiger partial charge >= 0.3 is 0 Å². The SMILES string of the molecule is CCC(CSC)N(C)c1nc2ccccc2cc1CCl. The van der Waals surface area contributed by atoms with E-state index in [2.05, 4.69) is 43.3 Å². The molecule has 4 heteroatoms. The first kappa shape index (κ1) is 15.5. The Hall–Kier alpha value is -0.930. The zero-order valence-electron chi connectivity index (χ0n) is 12.3. The van der Waals surface area contributed by atoms with Gasteiger partial charge in [-0.1, -0.05) is 25.1 Å². The number of halogens is 1. The molecule has 0 fully saturated rings. The number of hydrogen-bond acceptors (Lipinski definition) is 3. The molecule has 0 aliphatic carbocycles. The van der Waals surface area contributed by atoms with Gasteiger partial charge in [0, 0.05) is 29.8 Å². The molecule has 0 amide bonds. The van der Waals surface area contributed by atoms with Crippen LogP contribution in [0.15, 0.2) is 30.3 Å². The van der Waals surface area contributed by atoms with Crippen molar-refractivity contribution < 1.29 is 0 Å². The molecular formula is C16H21ClN2S. The molecule has 0 saturated heterocycles. The first-order valence-corrected chi connectivity index (χ1v) is 8.80. The highest BCUT2D eigenvalue weighted by atomic mass is 35.5. The van der Waals surface area contributed by atoms with E-state index in [1.54, 1.807) is 0 Å². The Balaban J connectivity index is 2.45. The molecule has 2 aromatic rings. The number of anilines is 1. The topological polar surface area (TPSA) is 16.1 Å². The molecule has 1 unspecified atom stereocenters. The van der Waals surface area contributed by atoms with Crippen molar-refractivity contribution in [1.29, 1.82) is 0 Å². The predicted molar refractivity (Wildman–Crippen MR) is 92.2 cm³/mol. The highest BCUT2D eigenvalue weighted by Crippen LogP contribution is 2.26. The summed E-state index contributed by atoms with van der Waals surface area (Å²) in [4.78, 5) is 7.11. The van der Waals surface area contributed by atoms with Gasteiger partial charge in [-0.25, -0.2) is 4.98 Å². The van der Waals surface area contributed by atoms with Gasteiger partial charge in [0.15, 0.2) is 0 Å². The Morgan fingerprint density at radius 3 is 2.75 bits per heavy atom. The molecule has 0 aliphatic rings. The molecule has 1 atom stereocenters. The number of benzene rings is 1. The van der Waals surface area contributed by atoms with Crippen molar-refractivity contribution in [3.8, 4) is 0 Å². The van der Waals surface area contributed by atoms with Crippen LogP contribution in [0.4, 0.5) is 5.82 Å². The molecular weight excluding hydrogens is 288 g/mol. The summed E-state index contributed by atoms with van der Waals surface area (Å²) in [7, 11) is 2.12. The molecule has 0 spiro atoms. The summed E-state index contributed by atoms with van der Waals surface area (Å²) in [5.41, 5.74) is 2.13. The van der Waals surface area contributed by atoms with Crippen molar-refractivity contribution in [3.05, 3.63) is 35.9 Å². The number of aromatic nitrogens is 1. The first-order chi connectivity index (χ1) is 9.71. The van der Waals surface area contributed by atoms with Crippen molar-refractivity contribution in [2.24, 2.45) is 0 Å². The largest absolute Gasteiger partial charge is 0.356 e. The van der Waals surface area contributed by atoms with Gasteiger partial charge in [-0.2, -0.15) is 11.8 Å². The third-order valence-corrected chi connectivity index (χ3v) is 4.64. The first-order valence-electron chi connectivity index (χ1n) is 6.87. The lowest BCUT2D eigenvalue weighted by molar-refractivity contribution is 0.665. The van der Waals surface area contributed by atoms with Gasteiger partial charge in [0.25, 0.3) is 0 Å². The molecule has 0 radical (unpaired) electrons. The lowest BCUT2D eigenvalue weighted by Gasteiger charge is -2.29. The smallest absolute Gasteiger partial charge is 0.133 e. The highest BCUT2D eigenvalue weighted by molar-refractivity contribution is 7.98. The second kappa shape index (κ2) is 7.19. The fourth-order valence-corrected chi connectivity index (χ4v) is 3.46. The Labute approximate surface area is 130 Å². The van der Waals surface area contributed by atoms with E-state index in [9.17, 15) is 0 Å². The summed E-state index contributed by atoms with van der Waals surface area (Å²) in [6.45, 7) is 2.22. The van der Waals surface area contributed by atoms with E-state index in [4.69, 9.17) is 16.6 Å². The standard InChI is InChI=1S/C16H21ClN2S/c1-4-14(11-20-3)19(2)16-13(10-17)9-12-7-5-6-8-15(12)18-16/h5-9,14H,4,10-11H2,1-3H3. The van der Waals surface area contributed by atoms with E-state index >= 15 is 0 Å². The second-order valence-corrected chi connectivity index (χ2v) is 6.10. The van der Waals surface area contributed by atoms with Crippen LogP contribution in [0.1, 0.15) is 18.9 Å². The van der Waals surface area contributed by atoms with Gasteiger partial charge in [0.1, 0.15) is 5.82 Å². The third-order valence-electron chi connectivity index (χ3n) is 3.64. The van der Waals surface area contributed by atoms with Crippen molar-refractivity contribution in [1.82, 2.24) is 4.98 Å². The van der Waals surface area contributed by atoms with Crippen LogP contribution in [0.3, 0.4) is 0 Å². The van der Waals surface area contributed by atoms with E-state index in [0.717, 1.165) is 34.5 Å². The predicted octanol–water partition coefficient (Wildman–Crippen LogP) is 4.55. The van der Waals surface area contributed by atoms with E-state index in [1.807, 2.05) is 23.9 Å². The van der Waals surface area contributed by atoms with Crippen LogP contribution >= 0.6 is 23.4 Å². The molecule has 108 valence electrons. The number of nitrogens with zero attached hydrogens (tertiary/aromatic N) is 2. The summed E-state index contributed by atoms with van der Waals surface area (Å²) < 4.78 is 0. The van der Waals surface area contributed by atoms with Crippen LogP contribution in [0.2, 0.25) is 0 Å². The number of rotatable bonds is 6. The molecule has 2 rings (SSSR count). The number of pyridine rings is 1. The Kier molecular flexibility index (Phi) is 5.55. The molecule has 0 bridgehead atoms. The van der Waals surface area contributed by atoms with Crippen LogP contribution in [0.25, 0.3) is 10.9 Å². The number of alkyl halides is 1. The molecule has 0 N–H and O–H groups in total. The van der Waals surface area contributed by atoms with Crippen LogP contribution in [0.5, 0.6) is 0 Å². The number of thioether (sulfide) groups is 1. The molecule has 0 saturated carbocycles. The normalized spacial score (nSPS) is 12.6. The van der Waals surface area contributed by atoms with Gasteiger partial charge in [-0.15, -0.1) is 11.6 Å². The Bertz CT molecular complexity index is 573. The quantitative estimate of drug-likeness (QED) is 0.728.